The quantitative estimate of drug-likeness (QED) is 0.298. The van der Waals surface area contributed by atoms with Crippen molar-refractivity contribution in [3.8, 4) is 0 Å². The van der Waals surface area contributed by atoms with Crippen molar-refractivity contribution in [2.24, 2.45) is 0 Å². The lowest BCUT2D eigenvalue weighted by Crippen LogP contribution is -2.28. The van der Waals surface area contributed by atoms with Crippen molar-refractivity contribution in [1.82, 2.24) is 19.9 Å². The lowest BCUT2D eigenvalue weighted by molar-refractivity contribution is 0.251. The summed E-state index contributed by atoms with van der Waals surface area (Å²) in [4.78, 5) is 22.2. The molecule has 2 N–H and O–H groups in total. The number of aromatic nitrogens is 3. The van der Waals surface area contributed by atoms with Crippen LogP contribution in [0.4, 0.5) is 10.5 Å². The zero-order valence-electron chi connectivity index (χ0n) is 18.9. The van der Waals surface area contributed by atoms with E-state index in [-0.39, 0.29) is 6.03 Å². The highest BCUT2D eigenvalue weighted by Crippen LogP contribution is 2.24. The normalized spacial score (nSPS) is 11.0. The third-order valence-corrected chi connectivity index (χ3v) is 6.07. The van der Waals surface area contributed by atoms with Crippen LogP contribution in [0.25, 0.3) is 11.2 Å². The van der Waals surface area contributed by atoms with Crippen molar-refractivity contribution in [1.29, 1.82) is 0 Å². The molecule has 0 bridgehead atoms. The third kappa shape index (κ3) is 5.79. The Bertz CT molecular complexity index is 1240. The van der Waals surface area contributed by atoms with Crippen molar-refractivity contribution < 1.29 is 4.79 Å². The standard InChI is InChI=1S/C26H28BrN5O/c1-3-4-10-24-30-23-15-22(31-26(33)28-16-19-8-6-5-7-9-19)18(2)29-25(23)32(24)17-20-11-13-21(27)14-12-20/h5-9,11-15H,3-4,10,16-17H2,1-2H3,(H2,28,31,33). The first-order valence-electron chi connectivity index (χ1n) is 11.2. The van der Waals surface area contributed by atoms with Crippen molar-refractivity contribution in [2.45, 2.75) is 46.2 Å². The van der Waals surface area contributed by atoms with Gasteiger partial charge in [0.05, 0.1) is 17.9 Å². The van der Waals surface area contributed by atoms with Crippen LogP contribution in [-0.2, 0) is 19.5 Å². The summed E-state index contributed by atoms with van der Waals surface area (Å²) in [6, 6.07) is 19.8. The average molecular weight is 506 g/mol. The molecule has 7 heteroatoms. The molecule has 0 fully saturated rings. The topological polar surface area (TPSA) is 71.8 Å². The van der Waals surface area contributed by atoms with Crippen molar-refractivity contribution in [3.05, 3.63) is 87.8 Å². The molecular weight excluding hydrogens is 478 g/mol. The minimum Gasteiger partial charge on any atom is -0.334 e. The summed E-state index contributed by atoms with van der Waals surface area (Å²) in [6.07, 6.45) is 3.06. The van der Waals surface area contributed by atoms with E-state index >= 15 is 0 Å². The predicted molar refractivity (Wildman–Crippen MR) is 136 cm³/mol. The smallest absolute Gasteiger partial charge is 0.319 e. The summed E-state index contributed by atoms with van der Waals surface area (Å²) >= 11 is 3.50. The molecule has 2 aromatic heterocycles. The van der Waals surface area contributed by atoms with E-state index in [1.165, 1.54) is 5.56 Å². The second kappa shape index (κ2) is 10.6. The van der Waals surface area contributed by atoms with Crippen LogP contribution in [0.15, 0.2) is 65.1 Å². The van der Waals surface area contributed by atoms with Gasteiger partial charge >= 0.3 is 6.03 Å². The van der Waals surface area contributed by atoms with Gasteiger partial charge in [0.15, 0.2) is 5.65 Å². The molecule has 170 valence electrons. The minimum atomic E-state index is -0.261. The van der Waals surface area contributed by atoms with Crippen LogP contribution in [-0.4, -0.2) is 20.6 Å². The number of carbonyl (C=O) groups excluding carboxylic acids is 1. The molecule has 0 saturated heterocycles. The summed E-state index contributed by atoms with van der Waals surface area (Å²) in [5, 5.41) is 5.83. The number of halogens is 1. The number of hydrogen-bond donors (Lipinski definition) is 2. The molecule has 0 aliphatic heterocycles. The van der Waals surface area contributed by atoms with E-state index in [0.29, 0.717) is 18.8 Å². The average Bonchev–Trinajstić information content (AvgIpc) is 3.14. The van der Waals surface area contributed by atoms with Gasteiger partial charge in [-0.05, 0) is 42.7 Å². The zero-order valence-corrected chi connectivity index (χ0v) is 20.5. The van der Waals surface area contributed by atoms with Gasteiger partial charge < -0.3 is 15.2 Å². The number of unbranched alkanes of at least 4 members (excludes halogenated alkanes) is 1. The molecule has 0 unspecified atom stereocenters. The summed E-state index contributed by atoms with van der Waals surface area (Å²) in [6.45, 7) is 5.26. The Morgan fingerprint density at radius 3 is 2.52 bits per heavy atom. The maximum absolute atomic E-state index is 12.5. The van der Waals surface area contributed by atoms with E-state index < -0.39 is 0 Å². The Morgan fingerprint density at radius 1 is 1.03 bits per heavy atom. The molecule has 0 saturated carbocycles. The first kappa shape index (κ1) is 23.0. The third-order valence-electron chi connectivity index (χ3n) is 5.54. The van der Waals surface area contributed by atoms with Gasteiger partial charge in [0.2, 0.25) is 0 Å². The highest BCUT2D eigenvalue weighted by atomic mass is 79.9. The van der Waals surface area contributed by atoms with E-state index in [1.54, 1.807) is 0 Å². The van der Waals surface area contributed by atoms with Crippen LogP contribution >= 0.6 is 15.9 Å². The maximum Gasteiger partial charge on any atom is 0.319 e. The molecule has 33 heavy (non-hydrogen) atoms. The number of urea groups is 1. The largest absolute Gasteiger partial charge is 0.334 e. The van der Waals surface area contributed by atoms with E-state index in [0.717, 1.165) is 52.0 Å². The lowest BCUT2D eigenvalue weighted by atomic mass is 10.2. The Kier molecular flexibility index (Phi) is 7.40. The molecule has 2 aromatic carbocycles. The van der Waals surface area contributed by atoms with E-state index in [9.17, 15) is 4.79 Å². The Labute approximate surface area is 202 Å². The Balaban J connectivity index is 1.57. The van der Waals surface area contributed by atoms with Gasteiger partial charge in [-0.1, -0.05) is 71.7 Å². The van der Waals surface area contributed by atoms with Gasteiger partial charge in [-0.2, -0.15) is 0 Å². The number of nitrogens with zero attached hydrogens (tertiary/aromatic N) is 3. The number of carbonyl (C=O) groups is 1. The molecule has 0 spiro atoms. The van der Waals surface area contributed by atoms with Crippen LogP contribution in [0.1, 0.15) is 42.4 Å². The summed E-state index contributed by atoms with van der Waals surface area (Å²) < 4.78 is 3.25. The molecule has 2 heterocycles. The lowest BCUT2D eigenvalue weighted by Gasteiger charge is -2.11. The molecule has 4 rings (SSSR count). The molecular formula is C26H28BrN5O. The number of aryl methyl sites for hydroxylation is 2. The zero-order chi connectivity index (χ0) is 23.2. The van der Waals surface area contributed by atoms with Crippen molar-refractivity contribution in [2.75, 3.05) is 5.32 Å². The number of amides is 2. The second-order valence-corrected chi connectivity index (χ2v) is 9.02. The number of benzene rings is 2. The van der Waals surface area contributed by atoms with Crippen LogP contribution in [0.3, 0.4) is 0 Å². The van der Waals surface area contributed by atoms with Gasteiger partial charge in [0, 0.05) is 17.4 Å². The minimum absolute atomic E-state index is 0.261. The number of nitrogens with one attached hydrogen (secondary N) is 2. The number of fused-ring (bicyclic) bond motifs is 1. The Hall–Kier alpha value is -3.19. The summed E-state index contributed by atoms with van der Waals surface area (Å²) in [5.41, 5.74) is 5.31. The number of rotatable bonds is 8. The predicted octanol–water partition coefficient (Wildman–Crippen LogP) is 6.21. The van der Waals surface area contributed by atoms with E-state index in [2.05, 4.69) is 62.3 Å². The van der Waals surface area contributed by atoms with E-state index in [1.807, 2.05) is 43.3 Å². The molecule has 0 radical (unpaired) electrons. The van der Waals surface area contributed by atoms with Crippen molar-refractivity contribution >= 4 is 38.8 Å². The fourth-order valence-corrected chi connectivity index (χ4v) is 3.98. The second-order valence-electron chi connectivity index (χ2n) is 8.10. The molecule has 2 amide bonds. The van der Waals surface area contributed by atoms with Crippen LogP contribution in [0, 0.1) is 6.92 Å². The molecule has 6 nitrogen and oxygen atoms in total. The van der Waals surface area contributed by atoms with Crippen LogP contribution < -0.4 is 10.6 Å². The van der Waals surface area contributed by atoms with Crippen LogP contribution in [0.2, 0.25) is 0 Å². The molecule has 0 aliphatic carbocycles. The fraction of sp³-hybridized carbons (Fsp3) is 0.269. The SMILES string of the molecule is CCCCc1nc2cc(NC(=O)NCc3ccccc3)c(C)nc2n1Cc1ccc(Br)cc1. The summed E-state index contributed by atoms with van der Waals surface area (Å²) in [7, 11) is 0. The molecule has 0 atom stereocenters. The van der Waals surface area contributed by atoms with Gasteiger partial charge in [0.25, 0.3) is 0 Å². The fourth-order valence-electron chi connectivity index (χ4n) is 3.72. The van der Waals surface area contributed by atoms with Gasteiger partial charge in [-0.15, -0.1) is 0 Å². The number of anilines is 1. The van der Waals surface area contributed by atoms with E-state index in [4.69, 9.17) is 9.97 Å². The summed E-state index contributed by atoms with van der Waals surface area (Å²) in [5.74, 6) is 1.02. The molecule has 4 aromatic rings. The van der Waals surface area contributed by atoms with Gasteiger partial charge in [0.1, 0.15) is 11.3 Å². The van der Waals surface area contributed by atoms with Gasteiger partial charge in [-0.25, -0.2) is 14.8 Å². The number of imidazole rings is 1. The highest BCUT2D eigenvalue weighted by molar-refractivity contribution is 9.10. The first-order chi connectivity index (χ1) is 16.0. The van der Waals surface area contributed by atoms with Gasteiger partial charge in [-0.3, -0.25) is 0 Å². The van der Waals surface area contributed by atoms with Crippen molar-refractivity contribution in [3.63, 3.8) is 0 Å². The van der Waals surface area contributed by atoms with Crippen LogP contribution in [0.5, 0.6) is 0 Å². The number of pyridine rings is 1. The maximum atomic E-state index is 12.5. The highest BCUT2D eigenvalue weighted by Gasteiger charge is 2.16. The monoisotopic (exact) mass is 505 g/mol. The molecule has 0 aliphatic rings. The first-order valence-corrected chi connectivity index (χ1v) is 12.0. The number of hydrogen-bond acceptors (Lipinski definition) is 3. The Morgan fingerprint density at radius 2 is 1.79 bits per heavy atom.